The van der Waals surface area contributed by atoms with E-state index in [1.165, 1.54) is 5.56 Å². The molecule has 0 saturated carbocycles. The van der Waals surface area contributed by atoms with Crippen LogP contribution >= 0.6 is 27.7 Å². The fourth-order valence-corrected chi connectivity index (χ4v) is 2.67. The molecule has 18 heavy (non-hydrogen) atoms. The predicted molar refractivity (Wildman–Crippen MR) is 81.8 cm³/mol. The van der Waals surface area contributed by atoms with Crippen LogP contribution < -0.4 is 5.73 Å². The van der Waals surface area contributed by atoms with Crippen molar-refractivity contribution in [2.75, 3.05) is 11.5 Å². The molecule has 0 aliphatic heterocycles. The number of hydrogen-bond donors (Lipinski definition) is 1. The Labute approximate surface area is 120 Å². The van der Waals surface area contributed by atoms with Crippen LogP contribution in [0, 0.1) is 0 Å². The molecule has 0 aliphatic carbocycles. The zero-order chi connectivity index (χ0) is 12.8. The fraction of sp³-hybridized carbons (Fsp3) is 0.214. The van der Waals surface area contributed by atoms with Crippen molar-refractivity contribution in [1.29, 1.82) is 0 Å². The molecule has 1 aromatic carbocycles. The van der Waals surface area contributed by atoms with Crippen molar-refractivity contribution >= 4 is 33.4 Å². The van der Waals surface area contributed by atoms with Gasteiger partial charge < -0.3 is 5.73 Å². The Hall–Kier alpha value is -1.00. The summed E-state index contributed by atoms with van der Waals surface area (Å²) in [6.07, 6.45) is 4.03. The quantitative estimate of drug-likeness (QED) is 0.510. The van der Waals surface area contributed by atoms with Crippen LogP contribution in [-0.2, 0) is 6.42 Å². The van der Waals surface area contributed by atoms with Gasteiger partial charge in [-0.05, 0) is 64.4 Å². The summed E-state index contributed by atoms with van der Waals surface area (Å²) >= 11 is 5.17. The summed E-state index contributed by atoms with van der Waals surface area (Å²) in [6, 6.07) is 12.2. The first-order valence-corrected chi connectivity index (χ1v) is 7.61. The number of nitrogen functional groups attached to an aromatic ring is 1. The third kappa shape index (κ3) is 4.35. The zero-order valence-corrected chi connectivity index (χ0v) is 12.4. The SMILES string of the molecule is Nc1cccc(CCCSc2ccc(Br)cn2)c1. The Kier molecular flexibility index (Phi) is 5.08. The van der Waals surface area contributed by atoms with Crippen LogP contribution in [0.4, 0.5) is 5.69 Å². The highest BCUT2D eigenvalue weighted by Gasteiger charge is 1.97. The highest BCUT2D eigenvalue weighted by molar-refractivity contribution is 9.10. The minimum absolute atomic E-state index is 0.842. The summed E-state index contributed by atoms with van der Waals surface area (Å²) in [4.78, 5) is 4.33. The van der Waals surface area contributed by atoms with Gasteiger partial charge in [0.05, 0.1) is 5.03 Å². The molecule has 94 valence electrons. The molecule has 0 saturated heterocycles. The second-order valence-electron chi connectivity index (χ2n) is 4.01. The maximum atomic E-state index is 5.75. The molecule has 0 bridgehead atoms. The van der Waals surface area contributed by atoms with Crippen molar-refractivity contribution in [3.8, 4) is 0 Å². The molecule has 0 atom stereocenters. The summed E-state index contributed by atoms with van der Waals surface area (Å²) in [5, 5.41) is 1.07. The van der Waals surface area contributed by atoms with Gasteiger partial charge in [-0.15, -0.1) is 11.8 Å². The first-order chi connectivity index (χ1) is 8.74. The highest BCUT2D eigenvalue weighted by atomic mass is 79.9. The molecule has 2 nitrogen and oxygen atoms in total. The number of nitrogens with zero attached hydrogens (tertiary/aromatic N) is 1. The van der Waals surface area contributed by atoms with Crippen LogP contribution in [0.3, 0.4) is 0 Å². The van der Waals surface area contributed by atoms with E-state index in [4.69, 9.17) is 5.73 Å². The minimum atomic E-state index is 0.842. The fourth-order valence-electron chi connectivity index (χ4n) is 1.65. The van der Waals surface area contributed by atoms with Gasteiger partial charge in [-0.1, -0.05) is 12.1 Å². The third-order valence-corrected chi connectivity index (χ3v) is 4.01. The van der Waals surface area contributed by atoms with E-state index in [0.29, 0.717) is 0 Å². The van der Waals surface area contributed by atoms with Crippen molar-refractivity contribution < 1.29 is 0 Å². The molecule has 2 rings (SSSR count). The summed E-state index contributed by atoms with van der Waals surface area (Å²) < 4.78 is 1.02. The lowest BCUT2D eigenvalue weighted by molar-refractivity contribution is 0.931. The lowest BCUT2D eigenvalue weighted by Gasteiger charge is -2.03. The van der Waals surface area contributed by atoms with Crippen molar-refractivity contribution in [2.45, 2.75) is 17.9 Å². The predicted octanol–water partition coefficient (Wildman–Crippen LogP) is 4.15. The van der Waals surface area contributed by atoms with Gasteiger partial charge in [-0.3, -0.25) is 0 Å². The summed E-state index contributed by atoms with van der Waals surface area (Å²) in [7, 11) is 0. The van der Waals surface area contributed by atoms with Gasteiger partial charge in [-0.2, -0.15) is 0 Å². The number of halogens is 1. The Bertz CT molecular complexity index is 499. The van der Waals surface area contributed by atoms with Gasteiger partial charge in [0.25, 0.3) is 0 Å². The van der Waals surface area contributed by atoms with E-state index in [-0.39, 0.29) is 0 Å². The number of nitrogens with two attached hydrogens (primary N) is 1. The summed E-state index contributed by atoms with van der Waals surface area (Å²) in [6.45, 7) is 0. The monoisotopic (exact) mass is 322 g/mol. The van der Waals surface area contributed by atoms with Crippen LogP contribution in [0.5, 0.6) is 0 Å². The number of anilines is 1. The second-order valence-corrected chi connectivity index (χ2v) is 6.04. The number of aromatic nitrogens is 1. The molecular weight excluding hydrogens is 308 g/mol. The summed E-state index contributed by atoms with van der Waals surface area (Å²) in [5.41, 5.74) is 7.90. The normalized spacial score (nSPS) is 10.5. The number of hydrogen-bond acceptors (Lipinski definition) is 3. The zero-order valence-electron chi connectivity index (χ0n) is 9.97. The van der Waals surface area contributed by atoms with Crippen LogP contribution in [0.2, 0.25) is 0 Å². The number of benzene rings is 1. The Morgan fingerprint density at radius 1 is 1.22 bits per heavy atom. The van der Waals surface area contributed by atoms with E-state index in [2.05, 4.69) is 27.0 Å². The maximum Gasteiger partial charge on any atom is 0.0960 e. The van der Waals surface area contributed by atoms with Crippen molar-refractivity contribution in [1.82, 2.24) is 4.98 Å². The molecular formula is C14H15BrN2S. The lowest BCUT2D eigenvalue weighted by atomic mass is 10.1. The van der Waals surface area contributed by atoms with Gasteiger partial charge in [0.1, 0.15) is 0 Å². The van der Waals surface area contributed by atoms with Crippen LogP contribution in [0.15, 0.2) is 52.1 Å². The molecule has 1 heterocycles. The summed E-state index contributed by atoms with van der Waals surface area (Å²) in [5.74, 6) is 1.07. The standard InChI is InChI=1S/C14H15BrN2S/c15-12-6-7-14(17-10-12)18-8-2-4-11-3-1-5-13(16)9-11/h1,3,5-7,9-10H,2,4,8,16H2. The van der Waals surface area contributed by atoms with E-state index in [9.17, 15) is 0 Å². The van der Waals surface area contributed by atoms with Crippen LogP contribution in [0.25, 0.3) is 0 Å². The number of pyridine rings is 1. The topological polar surface area (TPSA) is 38.9 Å². The van der Waals surface area contributed by atoms with Gasteiger partial charge in [0.2, 0.25) is 0 Å². The van der Waals surface area contributed by atoms with Crippen molar-refractivity contribution in [2.24, 2.45) is 0 Å². The lowest BCUT2D eigenvalue weighted by Crippen LogP contribution is -1.91. The Balaban J connectivity index is 1.74. The molecule has 2 N–H and O–H groups in total. The molecule has 0 unspecified atom stereocenters. The Morgan fingerprint density at radius 2 is 2.11 bits per heavy atom. The van der Waals surface area contributed by atoms with Crippen molar-refractivity contribution in [3.63, 3.8) is 0 Å². The minimum Gasteiger partial charge on any atom is -0.399 e. The molecule has 0 aliphatic rings. The van der Waals surface area contributed by atoms with Crippen molar-refractivity contribution in [3.05, 3.63) is 52.6 Å². The first kappa shape index (κ1) is 13.4. The van der Waals surface area contributed by atoms with E-state index in [0.717, 1.165) is 33.8 Å². The number of thioether (sulfide) groups is 1. The first-order valence-electron chi connectivity index (χ1n) is 5.83. The molecule has 0 radical (unpaired) electrons. The van der Waals surface area contributed by atoms with Crippen LogP contribution in [0.1, 0.15) is 12.0 Å². The largest absolute Gasteiger partial charge is 0.399 e. The number of aryl methyl sites for hydroxylation is 1. The molecule has 4 heteroatoms. The van der Waals surface area contributed by atoms with E-state index >= 15 is 0 Å². The molecule has 2 aromatic rings. The molecule has 1 aromatic heterocycles. The van der Waals surface area contributed by atoms with Gasteiger partial charge in [0, 0.05) is 16.4 Å². The molecule has 0 spiro atoms. The third-order valence-electron chi connectivity index (χ3n) is 2.51. The highest BCUT2D eigenvalue weighted by Crippen LogP contribution is 2.19. The average molecular weight is 323 g/mol. The average Bonchev–Trinajstić information content (AvgIpc) is 2.37. The molecule has 0 fully saturated rings. The van der Waals surface area contributed by atoms with Gasteiger partial charge in [-0.25, -0.2) is 4.98 Å². The number of rotatable bonds is 5. The van der Waals surface area contributed by atoms with Gasteiger partial charge in [0.15, 0.2) is 0 Å². The molecule has 0 amide bonds. The maximum absolute atomic E-state index is 5.75. The Morgan fingerprint density at radius 3 is 2.83 bits per heavy atom. The van der Waals surface area contributed by atoms with E-state index < -0.39 is 0 Å². The van der Waals surface area contributed by atoms with E-state index in [1.54, 1.807) is 11.8 Å². The van der Waals surface area contributed by atoms with E-state index in [1.807, 2.05) is 36.5 Å². The van der Waals surface area contributed by atoms with Crippen LogP contribution in [-0.4, -0.2) is 10.7 Å². The second kappa shape index (κ2) is 6.81. The van der Waals surface area contributed by atoms with Gasteiger partial charge >= 0.3 is 0 Å². The smallest absolute Gasteiger partial charge is 0.0960 e.